The normalized spacial score (nSPS) is 11.5. The lowest BCUT2D eigenvalue weighted by Crippen LogP contribution is -2.06. The van der Waals surface area contributed by atoms with E-state index in [0.29, 0.717) is 28.6 Å². The summed E-state index contributed by atoms with van der Waals surface area (Å²) in [6.07, 6.45) is 6.85. The summed E-state index contributed by atoms with van der Waals surface area (Å²) in [6, 6.07) is 41.4. The number of nitriles is 1. The maximum Gasteiger partial charge on any atom is 0.159 e. The van der Waals surface area contributed by atoms with E-state index in [-0.39, 0.29) is 11.1 Å². The largest absolute Gasteiger partial charge is 0.307 e. The van der Waals surface area contributed by atoms with E-state index in [1.165, 1.54) is 12.1 Å². The molecule has 0 aliphatic heterocycles. The highest BCUT2D eigenvalue weighted by molar-refractivity contribution is 6.12. The van der Waals surface area contributed by atoms with Gasteiger partial charge in [-0.3, -0.25) is 0 Å². The molecule has 0 aliphatic carbocycles. The fraction of sp³-hybridized carbons (Fsp3) is 0. The third-order valence-electron chi connectivity index (χ3n) is 9.89. The van der Waals surface area contributed by atoms with Crippen LogP contribution >= 0.6 is 0 Å². The van der Waals surface area contributed by atoms with Crippen LogP contribution in [0.15, 0.2) is 152 Å². The average Bonchev–Trinajstić information content (AvgIpc) is 3.72. The van der Waals surface area contributed by atoms with Crippen molar-refractivity contribution >= 4 is 43.6 Å². The Morgan fingerprint density at radius 1 is 0.444 bits per heavy atom. The molecule has 7 nitrogen and oxygen atoms in total. The summed E-state index contributed by atoms with van der Waals surface area (Å²) in [5, 5.41) is 14.7. The summed E-state index contributed by atoms with van der Waals surface area (Å²) in [7, 11) is 0. The number of hydrogen-bond acceptors (Lipinski definition) is 5. The molecule has 0 atom stereocenters. The molecule has 0 bridgehead atoms. The Kier molecular flexibility index (Phi) is 7.10. The molecule has 10 aromatic rings. The van der Waals surface area contributed by atoms with E-state index in [4.69, 9.17) is 0 Å². The van der Waals surface area contributed by atoms with Gasteiger partial charge in [0.05, 0.1) is 45.1 Å². The lowest BCUT2D eigenvalue weighted by molar-refractivity contribution is 0.584. The summed E-state index contributed by atoms with van der Waals surface area (Å²) in [4.78, 5) is 18.1. The number of nitrogens with zero attached hydrogens (tertiary/aromatic N) is 7. The van der Waals surface area contributed by atoms with E-state index < -0.39 is 11.6 Å². The molecule has 0 spiro atoms. The van der Waals surface area contributed by atoms with Crippen molar-refractivity contribution in [2.75, 3.05) is 0 Å². The fourth-order valence-electron chi connectivity index (χ4n) is 7.61. The zero-order chi connectivity index (χ0) is 36.3. The first-order chi connectivity index (χ1) is 26.6. The lowest BCUT2D eigenvalue weighted by atomic mass is 9.97. The van der Waals surface area contributed by atoms with Gasteiger partial charge in [0, 0.05) is 69.1 Å². The van der Waals surface area contributed by atoms with Crippen LogP contribution in [0.2, 0.25) is 0 Å². The second-order valence-corrected chi connectivity index (χ2v) is 13.0. The number of aromatic nitrogens is 6. The molecule has 10 rings (SSSR count). The molecule has 0 fully saturated rings. The summed E-state index contributed by atoms with van der Waals surface area (Å²) < 4.78 is 33.9. The third-order valence-corrected chi connectivity index (χ3v) is 9.89. The summed E-state index contributed by atoms with van der Waals surface area (Å²) >= 11 is 0. The van der Waals surface area contributed by atoms with E-state index in [9.17, 15) is 14.0 Å². The van der Waals surface area contributed by atoms with Gasteiger partial charge in [-0.25, -0.2) is 28.7 Å². The van der Waals surface area contributed by atoms with Crippen LogP contribution in [0.5, 0.6) is 0 Å². The zero-order valence-corrected chi connectivity index (χ0v) is 28.3. The van der Waals surface area contributed by atoms with Gasteiger partial charge >= 0.3 is 0 Å². The fourth-order valence-corrected chi connectivity index (χ4v) is 7.61. The van der Waals surface area contributed by atoms with Crippen LogP contribution < -0.4 is 0 Å². The quantitative estimate of drug-likeness (QED) is 0.178. The zero-order valence-electron chi connectivity index (χ0n) is 28.3. The molecular weight excluding hydrogens is 677 g/mol. The molecule has 0 aliphatic rings. The second-order valence-electron chi connectivity index (χ2n) is 13.0. The van der Waals surface area contributed by atoms with Crippen molar-refractivity contribution in [1.29, 1.82) is 5.26 Å². The van der Waals surface area contributed by atoms with Gasteiger partial charge in [-0.15, -0.1) is 0 Å². The highest BCUT2D eigenvalue weighted by Gasteiger charge is 2.23. The van der Waals surface area contributed by atoms with E-state index in [0.717, 1.165) is 60.8 Å². The van der Waals surface area contributed by atoms with Gasteiger partial charge in [-0.2, -0.15) is 5.26 Å². The molecule has 6 aromatic carbocycles. The topological polar surface area (TPSA) is 85.2 Å². The minimum atomic E-state index is -0.734. The summed E-state index contributed by atoms with van der Waals surface area (Å²) in [5.41, 5.74) is 7.47. The van der Waals surface area contributed by atoms with E-state index in [1.807, 2.05) is 54.6 Å². The predicted molar refractivity (Wildman–Crippen MR) is 207 cm³/mol. The molecule has 0 saturated carbocycles. The lowest BCUT2D eigenvalue weighted by Gasteiger charge is -2.20. The van der Waals surface area contributed by atoms with Crippen molar-refractivity contribution in [1.82, 2.24) is 29.1 Å². The Morgan fingerprint density at radius 3 is 1.41 bits per heavy atom. The molecule has 9 heteroatoms. The number of halogens is 2. The van der Waals surface area contributed by atoms with Gasteiger partial charge in [0.25, 0.3) is 0 Å². The highest BCUT2D eigenvalue weighted by atomic mass is 19.1. The highest BCUT2D eigenvalue weighted by Crippen LogP contribution is 2.42. The van der Waals surface area contributed by atoms with Crippen LogP contribution in [0.1, 0.15) is 5.56 Å². The Bertz CT molecular complexity index is 3120. The Balaban J connectivity index is 1.37. The van der Waals surface area contributed by atoms with E-state index in [1.54, 1.807) is 36.9 Å². The molecule has 54 heavy (non-hydrogen) atoms. The molecule has 0 saturated heterocycles. The van der Waals surface area contributed by atoms with E-state index in [2.05, 4.69) is 77.6 Å². The molecular formula is C45H25F2N7. The average molecular weight is 702 g/mol. The Hall–Kier alpha value is -7.57. The van der Waals surface area contributed by atoms with Gasteiger partial charge in [-0.1, -0.05) is 60.7 Å². The van der Waals surface area contributed by atoms with Crippen molar-refractivity contribution < 1.29 is 8.78 Å². The van der Waals surface area contributed by atoms with Crippen molar-refractivity contribution in [2.45, 2.75) is 0 Å². The number of rotatable bonds is 5. The first-order valence-electron chi connectivity index (χ1n) is 17.2. The molecule has 0 radical (unpaired) electrons. The van der Waals surface area contributed by atoms with Crippen LogP contribution in [0.4, 0.5) is 8.78 Å². The van der Waals surface area contributed by atoms with Gasteiger partial charge in [0.1, 0.15) is 11.6 Å². The molecule has 0 amide bonds. The minimum absolute atomic E-state index is 0.252. The number of fused-ring (bicyclic) bond motifs is 6. The minimum Gasteiger partial charge on any atom is -0.307 e. The Morgan fingerprint density at radius 2 is 0.907 bits per heavy atom. The van der Waals surface area contributed by atoms with Crippen LogP contribution in [-0.2, 0) is 0 Å². The SMILES string of the molecule is N#Cc1cc(-n2c3ccccc3c3ccc(-c4ncccn4)cc32)c(-n2c3ccccc3c3ccc(-c4ncccn4)cc32)cc1-c1cc(F)cc(F)c1. The smallest absolute Gasteiger partial charge is 0.159 e. The van der Waals surface area contributed by atoms with Gasteiger partial charge < -0.3 is 9.13 Å². The van der Waals surface area contributed by atoms with Crippen LogP contribution in [0.25, 0.3) is 88.9 Å². The second kappa shape index (κ2) is 12.3. The third kappa shape index (κ3) is 4.93. The van der Waals surface area contributed by atoms with Crippen molar-refractivity contribution in [3.63, 3.8) is 0 Å². The maximum absolute atomic E-state index is 14.8. The van der Waals surface area contributed by atoms with Crippen molar-refractivity contribution in [3.8, 4) is 51.3 Å². The first kappa shape index (κ1) is 31.2. The number of hydrogen-bond donors (Lipinski definition) is 0. The van der Waals surface area contributed by atoms with Crippen LogP contribution in [-0.4, -0.2) is 29.1 Å². The van der Waals surface area contributed by atoms with Gasteiger partial charge in [-0.05, 0) is 66.2 Å². The molecule has 0 unspecified atom stereocenters. The van der Waals surface area contributed by atoms with Crippen molar-refractivity contribution in [3.05, 3.63) is 169 Å². The maximum atomic E-state index is 14.8. The molecule has 4 aromatic heterocycles. The monoisotopic (exact) mass is 701 g/mol. The summed E-state index contributed by atoms with van der Waals surface area (Å²) in [5.74, 6) is -0.315. The summed E-state index contributed by atoms with van der Waals surface area (Å²) in [6.45, 7) is 0. The molecule has 0 N–H and O–H groups in total. The number of benzene rings is 6. The van der Waals surface area contributed by atoms with Gasteiger partial charge in [0.15, 0.2) is 11.6 Å². The van der Waals surface area contributed by atoms with Crippen LogP contribution in [0.3, 0.4) is 0 Å². The molecule has 4 heterocycles. The Labute approximate surface area is 306 Å². The van der Waals surface area contributed by atoms with Gasteiger partial charge in [0.2, 0.25) is 0 Å². The first-order valence-corrected chi connectivity index (χ1v) is 17.2. The molecule has 254 valence electrons. The van der Waals surface area contributed by atoms with E-state index >= 15 is 0 Å². The van der Waals surface area contributed by atoms with Crippen LogP contribution in [0, 0.1) is 23.0 Å². The number of para-hydroxylation sites is 2. The van der Waals surface area contributed by atoms with Crippen molar-refractivity contribution in [2.24, 2.45) is 0 Å². The predicted octanol–water partition coefficient (Wildman–Crippen LogP) is 10.6. The standard InChI is InChI=1S/C45H25F2N7/c46-31-19-29(20-32(47)24-31)37-25-43(54-39-10-4-2-8-34(39)36-14-12-28(22-41(36)54)45-51-17-6-18-52-45)42(23-30(37)26-48)53-38-9-3-1-7-33(38)35-13-11-27(21-40(35)53)44-49-15-5-16-50-44/h1-25H.